The maximum absolute atomic E-state index is 5.90. The molecule has 0 N–H and O–H groups in total. The van der Waals surface area contributed by atoms with E-state index in [0.29, 0.717) is 12.4 Å². The Morgan fingerprint density at radius 1 is 1.22 bits per heavy atom. The number of anilines is 1. The summed E-state index contributed by atoms with van der Waals surface area (Å²) >= 11 is 0. The van der Waals surface area contributed by atoms with Crippen molar-refractivity contribution in [1.29, 1.82) is 0 Å². The quantitative estimate of drug-likeness (QED) is 0.618. The van der Waals surface area contributed by atoms with Crippen molar-refractivity contribution in [3.63, 3.8) is 0 Å². The summed E-state index contributed by atoms with van der Waals surface area (Å²) in [4.78, 5) is 2.06. The summed E-state index contributed by atoms with van der Waals surface area (Å²) in [5.41, 5.74) is 2.24. The number of fused-ring (bicyclic) bond motifs is 1. The molecule has 5 nitrogen and oxygen atoms in total. The van der Waals surface area contributed by atoms with Crippen molar-refractivity contribution in [3.8, 4) is 12.0 Å². The van der Waals surface area contributed by atoms with Gasteiger partial charge in [0.1, 0.15) is 12.4 Å². The Kier molecular flexibility index (Phi) is 3.86. The molecule has 0 saturated carbocycles. The number of ether oxygens (including phenoxy) is 4. The molecule has 0 aliphatic carbocycles. The van der Waals surface area contributed by atoms with Gasteiger partial charge >= 0.3 is 0 Å². The Labute approximate surface area is 135 Å². The fourth-order valence-corrected chi connectivity index (χ4v) is 3.24. The normalized spacial score (nSPS) is 28.2. The Hall–Kier alpha value is -2.16. The SMILES string of the molecule is Cc1ccccc1N(C#CC1=COCO1)C1COC2CCOC21. The summed E-state index contributed by atoms with van der Waals surface area (Å²) in [7, 11) is 0. The van der Waals surface area contributed by atoms with E-state index in [1.165, 1.54) is 5.56 Å². The predicted octanol–water partition coefficient (Wildman–Crippen LogP) is 2.16. The first-order valence-corrected chi connectivity index (χ1v) is 7.87. The van der Waals surface area contributed by atoms with Gasteiger partial charge in [-0.15, -0.1) is 0 Å². The highest BCUT2D eigenvalue weighted by molar-refractivity contribution is 5.59. The number of para-hydroxylation sites is 1. The third-order valence-electron chi connectivity index (χ3n) is 4.42. The standard InChI is InChI=1S/C18H19NO4/c1-13-4-2-3-5-15(13)19(8-6-14-10-20-12-23-14)16-11-22-17-7-9-21-18(16)17/h2-5,10,16-18H,7,9,11-12H2,1H3. The minimum Gasteiger partial charge on any atom is -0.460 e. The molecule has 3 aliphatic heterocycles. The molecule has 1 aromatic carbocycles. The number of aryl methyl sites for hydroxylation is 1. The van der Waals surface area contributed by atoms with Crippen LogP contribution in [0.15, 0.2) is 36.3 Å². The van der Waals surface area contributed by atoms with Gasteiger partial charge in [-0.05, 0) is 30.9 Å². The van der Waals surface area contributed by atoms with Gasteiger partial charge in [-0.25, -0.2) is 0 Å². The average molecular weight is 313 g/mol. The van der Waals surface area contributed by atoms with E-state index in [4.69, 9.17) is 18.9 Å². The fourth-order valence-electron chi connectivity index (χ4n) is 3.24. The average Bonchev–Trinajstić information content (AvgIpc) is 3.27. The predicted molar refractivity (Wildman–Crippen MR) is 84.4 cm³/mol. The van der Waals surface area contributed by atoms with Gasteiger partial charge in [-0.1, -0.05) is 18.2 Å². The van der Waals surface area contributed by atoms with Crippen molar-refractivity contribution in [2.45, 2.75) is 31.6 Å². The van der Waals surface area contributed by atoms with Gasteiger partial charge in [-0.2, -0.15) is 0 Å². The lowest BCUT2D eigenvalue weighted by molar-refractivity contribution is 0.0709. The molecule has 2 fully saturated rings. The van der Waals surface area contributed by atoms with Crippen molar-refractivity contribution in [2.75, 3.05) is 24.9 Å². The number of benzene rings is 1. The molecule has 0 amide bonds. The van der Waals surface area contributed by atoms with Gasteiger partial charge in [0.25, 0.3) is 0 Å². The van der Waals surface area contributed by atoms with E-state index >= 15 is 0 Å². The Bertz CT molecular complexity index is 675. The molecule has 0 bridgehead atoms. The van der Waals surface area contributed by atoms with Crippen LogP contribution >= 0.6 is 0 Å². The molecule has 0 spiro atoms. The van der Waals surface area contributed by atoms with Crippen molar-refractivity contribution in [1.82, 2.24) is 0 Å². The Morgan fingerprint density at radius 2 is 2.13 bits per heavy atom. The molecule has 5 heteroatoms. The molecular formula is C18H19NO4. The van der Waals surface area contributed by atoms with E-state index < -0.39 is 0 Å². The number of hydrogen-bond acceptors (Lipinski definition) is 5. The molecule has 0 aromatic heterocycles. The zero-order valence-electron chi connectivity index (χ0n) is 13.0. The first kappa shape index (κ1) is 14.4. The lowest BCUT2D eigenvalue weighted by atomic mass is 10.1. The molecule has 4 rings (SSSR count). The van der Waals surface area contributed by atoms with Crippen LogP contribution in [0.4, 0.5) is 5.69 Å². The van der Waals surface area contributed by atoms with E-state index in [1.807, 2.05) is 12.1 Å². The molecule has 3 unspecified atom stereocenters. The minimum atomic E-state index is 0.0682. The van der Waals surface area contributed by atoms with Gasteiger partial charge < -0.3 is 18.9 Å². The van der Waals surface area contributed by atoms with E-state index in [0.717, 1.165) is 18.7 Å². The van der Waals surface area contributed by atoms with Crippen LogP contribution in [0.2, 0.25) is 0 Å². The second-order valence-electron chi connectivity index (χ2n) is 5.87. The lowest BCUT2D eigenvalue weighted by Gasteiger charge is -2.28. The van der Waals surface area contributed by atoms with E-state index in [9.17, 15) is 0 Å². The second-order valence-corrected chi connectivity index (χ2v) is 5.87. The zero-order valence-corrected chi connectivity index (χ0v) is 13.0. The Balaban J connectivity index is 1.67. The number of rotatable bonds is 2. The molecule has 0 radical (unpaired) electrons. The molecular weight excluding hydrogens is 294 g/mol. The van der Waals surface area contributed by atoms with Gasteiger partial charge in [0.2, 0.25) is 12.6 Å². The van der Waals surface area contributed by atoms with Crippen LogP contribution in [0, 0.1) is 18.9 Å². The van der Waals surface area contributed by atoms with E-state index in [-0.39, 0.29) is 25.0 Å². The van der Waals surface area contributed by atoms with Gasteiger partial charge in [0, 0.05) is 12.7 Å². The molecule has 3 heterocycles. The van der Waals surface area contributed by atoms with Crippen LogP contribution in [0.1, 0.15) is 12.0 Å². The summed E-state index contributed by atoms with van der Waals surface area (Å²) in [6.45, 7) is 3.69. The Morgan fingerprint density at radius 3 is 2.96 bits per heavy atom. The van der Waals surface area contributed by atoms with Crippen molar-refractivity contribution in [3.05, 3.63) is 41.9 Å². The largest absolute Gasteiger partial charge is 0.460 e. The third-order valence-corrected chi connectivity index (χ3v) is 4.42. The fraction of sp³-hybridized carbons (Fsp3) is 0.444. The molecule has 3 atom stereocenters. The van der Waals surface area contributed by atoms with Gasteiger partial charge in [0.05, 0.1) is 24.4 Å². The number of hydrogen-bond donors (Lipinski definition) is 0. The lowest BCUT2D eigenvalue weighted by Crippen LogP contribution is -2.42. The molecule has 120 valence electrons. The summed E-state index contributed by atoms with van der Waals surface area (Å²) in [6, 6.07) is 11.5. The highest BCUT2D eigenvalue weighted by Gasteiger charge is 2.44. The molecule has 1 aromatic rings. The maximum atomic E-state index is 5.90. The number of allylic oxidation sites excluding steroid dienone is 1. The maximum Gasteiger partial charge on any atom is 0.231 e. The van der Waals surface area contributed by atoms with E-state index in [2.05, 4.69) is 35.9 Å². The van der Waals surface area contributed by atoms with Crippen LogP contribution in [0.3, 0.4) is 0 Å². The van der Waals surface area contributed by atoms with Crippen LogP contribution in [0.5, 0.6) is 0 Å². The summed E-state index contributed by atoms with van der Waals surface area (Å²) in [5, 5.41) is 0. The number of nitrogens with zero attached hydrogens (tertiary/aromatic N) is 1. The third kappa shape index (κ3) is 2.76. The second kappa shape index (κ2) is 6.15. The summed E-state index contributed by atoms with van der Waals surface area (Å²) in [5.74, 6) is 3.59. The van der Waals surface area contributed by atoms with Gasteiger partial charge in [-0.3, -0.25) is 4.90 Å². The highest BCUT2D eigenvalue weighted by Crippen LogP contribution is 2.33. The van der Waals surface area contributed by atoms with E-state index in [1.54, 1.807) is 6.26 Å². The van der Waals surface area contributed by atoms with Crippen molar-refractivity contribution in [2.24, 2.45) is 0 Å². The summed E-state index contributed by atoms with van der Waals surface area (Å²) < 4.78 is 22.2. The molecule has 3 aliphatic rings. The molecule has 23 heavy (non-hydrogen) atoms. The van der Waals surface area contributed by atoms with Crippen LogP contribution in [0.25, 0.3) is 0 Å². The first-order valence-electron chi connectivity index (χ1n) is 7.87. The topological polar surface area (TPSA) is 40.2 Å². The summed E-state index contributed by atoms with van der Waals surface area (Å²) in [6.07, 6.45) is 2.75. The first-order chi connectivity index (χ1) is 11.3. The van der Waals surface area contributed by atoms with Crippen LogP contribution < -0.4 is 4.90 Å². The van der Waals surface area contributed by atoms with Gasteiger partial charge in [0.15, 0.2) is 0 Å². The monoisotopic (exact) mass is 313 g/mol. The smallest absolute Gasteiger partial charge is 0.231 e. The minimum absolute atomic E-state index is 0.0682. The van der Waals surface area contributed by atoms with Crippen LogP contribution in [-0.2, 0) is 18.9 Å². The molecule has 2 saturated heterocycles. The highest BCUT2D eigenvalue weighted by atomic mass is 16.7. The zero-order chi connectivity index (χ0) is 15.6. The van der Waals surface area contributed by atoms with Crippen molar-refractivity contribution < 1.29 is 18.9 Å². The van der Waals surface area contributed by atoms with Crippen molar-refractivity contribution >= 4 is 5.69 Å². The van der Waals surface area contributed by atoms with Crippen LogP contribution in [-0.4, -0.2) is 38.3 Å².